The van der Waals surface area contributed by atoms with Crippen LogP contribution < -0.4 is 10.6 Å². The van der Waals surface area contributed by atoms with Crippen molar-refractivity contribution >= 4 is 33.5 Å². The Kier molecular flexibility index (Phi) is 5.46. The SMILES string of the molecule is CC1CN=C(c2ccc3cc(-c4ccc(-c5cc6ccc(C7=NCC(F)CN7)cc6[nH]5)nc4)oc3c2)NC1. The van der Waals surface area contributed by atoms with Gasteiger partial charge in [-0.2, -0.15) is 0 Å². The van der Waals surface area contributed by atoms with Crippen LogP contribution in [-0.4, -0.2) is 54.0 Å². The summed E-state index contributed by atoms with van der Waals surface area (Å²) in [6, 6.07) is 20.4. The van der Waals surface area contributed by atoms with Gasteiger partial charge in [-0.1, -0.05) is 31.2 Å². The lowest BCUT2D eigenvalue weighted by atomic mass is 10.1. The molecule has 0 radical (unpaired) electrons. The van der Waals surface area contributed by atoms with E-state index in [1.807, 2.05) is 48.7 Å². The first-order valence-corrected chi connectivity index (χ1v) is 12.9. The highest BCUT2D eigenvalue weighted by Gasteiger charge is 2.17. The van der Waals surface area contributed by atoms with Crippen LogP contribution in [0.3, 0.4) is 0 Å². The van der Waals surface area contributed by atoms with Gasteiger partial charge in [0.15, 0.2) is 0 Å². The van der Waals surface area contributed by atoms with Crippen molar-refractivity contribution in [2.75, 3.05) is 26.2 Å². The summed E-state index contributed by atoms with van der Waals surface area (Å²) in [5.41, 5.74) is 6.47. The molecule has 2 aromatic carbocycles. The van der Waals surface area contributed by atoms with Gasteiger partial charge in [-0.05, 0) is 42.3 Å². The summed E-state index contributed by atoms with van der Waals surface area (Å²) in [5.74, 6) is 2.99. The fourth-order valence-corrected chi connectivity index (χ4v) is 4.98. The number of halogens is 1. The molecule has 2 aliphatic heterocycles. The van der Waals surface area contributed by atoms with Gasteiger partial charge in [-0.25, -0.2) is 4.39 Å². The molecule has 5 aromatic rings. The lowest BCUT2D eigenvalue weighted by molar-refractivity contribution is 0.332. The summed E-state index contributed by atoms with van der Waals surface area (Å²) < 4.78 is 19.6. The molecule has 2 atom stereocenters. The number of aromatic amines is 1. The van der Waals surface area contributed by atoms with Crippen molar-refractivity contribution in [1.29, 1.82) is 0 Å². The number of fused-ring (bicyclic) bond motifs is 2. The summed E-state index contributed by atoms with van der Waals surface area (Å²) in [4.78, 5) is 17.2. The number of amidine groups is 2. The lowest BCUT2D eigenvalue weighted by Gasteiger charge is -2.19. The van der Waals surface area contributed by atoms with E-state index < -0.39 is 6.17 Å². The monoisotopic (exact) mass is 506 g/mol. The van der Waals surface area contributed by atoms with Gasteiger partial charge in [0.2, 0.25) is 0 Å². The first kappa shape index (κ1) is 22.7. The molecule has 0 fully saturated rings. The summed E-state index contributed by atoms with van der Waals surface area (Å²) >= 11 is 0. The average Bonchev–Trinajstić information content (AvgIpc) is 3.58. The number of benzene rings is 2. The fourth-order valence-electron chi connectivity index (χ4n) is 4.98. The molecule has 0 saturated carbocycles. The van der Waals surface area contributed by atoms with Crippen LogP contribution in [0.25, 0.3) is 44.6 Å². The molecule has 7 rings (SSSR count). The van der Waals surface area contributed by atoms with Crippen molar-refractivity contribution in [1.82, 2.24) is 20.6 Å². The first-order chi connectivity index (χ1) is 18.6. The highest BCUT2D eigenvalue weighted by Crippen LogP contribution is 2.30. The second-order valence-corrected chi connectivity index (χ2v) is 10.1. The van der Waals surface area contributed by atoms with Crippen molar-refractivity contribution in [2.24, 2.45) is 15.9 Å². The van der Waals surface area contributed by atoms with E-state index in [0.29, 0.717) is 12.5 Å². The Balaban J connectivity index is 1.14. The quantitative estimate of drug-likeness (QED) is 0.308. The van der Waals surface area contributed by atoms with Crippen LogP contribution in [0, 0.1) is 5.92 Å². The largest absolute Gasteiger partial charge is 0.456 e. The zero-order valence-electron chi connectivity index (χ0n) is 21.0. The van der Waals surface area contributed by atoms with Crippen LogP contribution in [-0.2, 0) is 0 Å². The number of hydrogen-bond donors (Lipinski definition) is 3. The minimum Gasteiger partial charge on any atom is -0.456 e. The third-order valence-electron chi connectivity index (χ3n) is 7.13. The van der Waals surface area contributed by atoms with E-state index in [4.69, 9.17) is 9.40 Å². The average molecular weight is 507 g/mol. The summed E-state index contributed by atoms with van der Waals surface area (Å²) in [5, 5.41) is 8.61. The molecule has 0 bridgehead atoms. The zero-order chi connectivity index (χ0) is 25.6. The molecule has 3 N–H and O–H groups in total. The van der Waals surface area contributed by atoms with Gasteiger partial charge < -0.3 is 20.0 Å². The molecule has 190 valence electrons. The molecule has 0 saturated heterocycles. The van der Waals surface area contributed by atoms with E-state index in [1.54, 1.807) is 0 Å². The van der Waals surface area contributed by atoms with E-state index in [1.165, 1.54) is 0 Å². The van der Waals surface area contributed by atoms with Crippen LogP contribution in [0.4, 0.5) is 4.39 Å². The van der Waals surface area contributed by atoms with Gasteiger partial charge in [0.05, 0.1) is 17.9 Å². The van der Waals surface area contributed by atoms with E-state index in [2.05, 4.69) is 50.7 Å². The number of pyridine rings is 1. The van der Waals surface area contributed by atoms with Crippen molar-refractivity contribution in [2.45, 2.75) is 13.1 Å². The highest BCUT2D eigenvalue weighted by atomic mass is 19.1. The third kappa shape index (κ3) is 4.22. The maximum Gasteiger partial charge on any atom is 0.137 e. The molecule has 0 aliphatic carbocycles. The van der Waals surface area contributed by atoms with Crippen LogP contribution in [0.5, 0.6) is 0 Å². The minimum absolute atomic E-state index is 0.199. The molecule has 0 amide bonds. The van der Waals surface area contributed by atoms with Crippen molar-refractivity contribution in [3.8, 4) is 22.7 Å². The molecule has 5 heterocycles. The van der Waals surface area contributed by atoms with E-state index in [0.717, 1.165) is 80.5 Å². The topological polar surface area (TPSA) is 90.6 Å². The summed E-state index contributed by atoms with van der Waals surface area (Å²) in [7, 11) is 0. The molecule has 2 aliphatic rings. The summed E-state index contributed by atoms with van der Waals surface area (Å²) in [6.07, 6.45) is 0.913. The minimum atomic E-state index is -0.927. The normalized spacial score (nSPS) is 19.6. The van der Waals surface area contributed by atoms with Gasteiger partial charge in [-0.3, -0.25) is 15.0 Å². The van der Waals surface area contributed by atoms with Crippen molar-refractivity contribution < 1.29 is 8.81 Å². The van der Waals surface area contributed by atoms with Crippen molar-refractivity contribution in [3.63, 3.8) is 0 Å². The molecule has 8 heteroatoms. The molecule has 3 aromatic heterocycles. The number of nitrogens with one attached hydrogen (secondary N) is 3. The molecular weight excluding hydrogens is 479 g/mol. The smallest absolute Gasteiger partial charge is 0.137 e. The first-order valence-electron chi connectivity index (χ1n) is 12.9. The Labute approximate surface area is 218 Å². The Morgan fingerprint density at radius 1 is 0.816 bits per heavy atom. The molecule has 0 spiro atoms. The van der Waals surface area contributed by atoms with Crippen LogP contribution in [0.2, 0.25) is 0 Å². The number of aromatic nitrogens is 2. The Bertz CT molecular complexity index is 1590. The highest BCUT2D eigenvalue weighted by molar-refractivity contribution is 6.03. The van der Waals surface area contributed by atoms with Gasteiger partial charge in [-0.15, -0.1) is 0 Å². The predicted octanol–water partition coefficient (Wildman–Crippen LogP) is 5.32. The Morgan fingerprint density at radius 2 is 1.58 bits per heavy atom. The van der Waals surface area contributed by atoms with E-state index >= 15 is 0 Å². The van der Waals surface area contributed by atoms with E-state index in [-0.39, 0.29) is 6.54 Å². The Morgan fingerprint density at radius 3 is 2.32 bits per heavy atom. The molecule has 2 unspecified atom stereocenters. The third-order valence-corrected chi connectivity index (χ3v) is 7.13. The van der Waals surface area contributed by atoms with Crippen LogP contribution in [0.1, 0.15) is 18.1 Å². The maximum absolute atomic E-state index is 13.4. The number of alkyl halides is 1. The number of furan rings is 1. The number of aliphatic imine (C=N–C) groups is 2. The Hall–Kier alpha value is -4.46. The predicted molar refractivity (Wildman–Crippen MR) is 150 cm³/mol. The second-order valence-electron chi connectivity index (χ2n) is 10.1. The fraction of sp³-hybridized carbons (Fsp3) is 0.233. The lowest BCUT2D eigenvalue weighted by Crippen LogP contribution is -2.37. The van der Waals surface area contributed by atoms with Gasteiger partial charge in [0, 0.05) is 58.8 Å². The summed E-state index contributed by atoms with van der Waals surface area (Å²) in [6.45, 7) is 4.46. The standard InChI is InChI=1S/C30H27FN6O/c1-17-12-33-30(34-13-17)21-5-3-19-10-28(38-27(19)11-21)22-6-7-24(32-14-22)26-8-18-2-4-20(9-25(18)37-26)29-35-15-23(31)16-36-29/h2-11,14,17,23,37H,12-13,15-16H2,1H3,(H,33,34)(H,35,36). The van der Waals surface area contributed by atoms with E-state index in [9.17, 15) is 4.39 Å². The van der Waals surface area contributed by atoms with Gasteiger partial charge >= 0.3 is 0 Å². The van der Waals surface area contributed by atoms with Gasteiger partial charge in [0.25, 0.3) is 0 Å². The van der Waals surface area contributed by atoms with Crippen molar-refractivity contribution in [3.05, 3.63) is 78.0 Å². The number of rotatable bonds is 4. The molecular formula is C30H27FN6O. The molecule has 38 heavy (non-hydrogen) atoms. The maximum atomic E-state index is 13.4. The van der Waals surface area contributed by atoms with Crippen LogP contribution >= 0.6 is 0 Å². The number of H-pyrrole nitrogens is 1. The number of hydrogen-bond acceptors (Lipinski definition) is 6. The second kappa shape index (κ2) is 9.13. The number of nitrogens with zero attached hydrogens (tertiary/aromatic N) is 3. The zero-order valence-corrected chi connectivity index (χ0v) is 21.0. The molecule has 7 nitrogen and oxygen atoms in total. The van der Waals surface area contributed by atoms with Gasteiger partial charge in [0.1, 0.15) is 29.2 Å². The van der Waals surface area contributed by atoms with Crippen LogP contribution in [0.15, 0.2) is 81.3 Å².